The first-order valence-electron chi connectivity index (χ1n) is 6.58. The second-order valence-corrected chi connectivity index (χ2v) is 5.00. The van der Waals surface area contributed by atoms with Crippen LogP contribution in [0.3, 0.4) is 0 Å². The van der Waals surface area contributed by atoms with Gasteiger partial charge in [0.1, 0.15) is 0 Å². The smallest absolute Gasteiger partial charge is 0.0713 e. The van der Waals surface area contributed by atoms with E-state index in [9.17, 15) is 0 Å². The number of aliphatic hydroxyl groups excluding tert-OH is 1. The van der Waals surface area contributed by atoms with Crippen LogP contribution in [0.1, 0.15) is 31.4 Å². The lowest BCUT2D eigenvalue weighted by Crippen LogP contribution is -2.34. The van der Waals surface area contributed by atoms with Crippen LogP contribution in [0.15, 0.2) is 24.3 Å². The van der Waals surface area contributed by atoms with Crippen LogP contribution < -0.4 is 5.32 Å². The Balaban J connectivity index is 2.53. The number of ether oxygens (including phenoxy) is 1. The second-order valence-electron chi connectivity index (χ2n) is 5.00. The van der Waals surface area contributed by atoms with Crippen molar-refractivity contribution in [3.05, 3.63) is 35.4 Å². The van der Waals surface area contributed by atoms with E-state index in [1.807, 2.05) is 0 Å². The zero-order valence-electron chi connectivity index (χ0n) is 11.6. The highest BCUT2D eigenvalue weighted by atomic mass is 16.5. The Morgan fingerprint density at radius 1 is 1.28 bits per heavy atom. The van der Waals surface area contributed by atoms with Gasteiger partial charge in [-0.25, -0.2) is 0 Å². The summed E-state index contributed by atoms with van der Waals surface area (Å²) < 4.78 is 5.13. The van der Waals surface area contributed by atoms with E-state index in [2.05, 4.69) is 43.4 Å². The fraction of sp³-hybridized carbons (Fsp3) is 0.600. The van der Waals surface area contributed by atoms with Gasteiger partial charge in [-0.1, -0.05) is 38.1 Å². The Bertz CT molecular complexity index is 339. The van der Waals surface area contributed by atoms with Crippen LogP contribution in [-0.4, -0.2) is 24.9 Å². The quantitative estimate of drug-likeness (QED) is 0.745. The van der Waals surface area contributed by atoms with Gasteiger partial charge in [-0.2, -0.15) is 0 Å². The molecule has 0 aliphatic rings. The van der Waals surface area contributed by atoms with E-state index in [1.54, 1.807) is 7.11 Å². The summed E-state index contributed by atoms with van der Waals surface area (Å²) in [5.41, 5.74) is 2.45. The molecular formula is C15H25NO2. The lowest BCUT2D eigenvalue weighted by Gasteiger charge is -2.21. The van der Waals surface area contributed by atoms with E-state index in [1.165, 1.54) is 11.1 Å². The minimum Gasteiger partial charge on any atom is -0.396 e. The molecule has 102 valence electrons. The Labute approximate surface area is 110 Å². The Kier molecular flexibility index (Phi) is 6.94. The van der Waals surface area contributed by atoms with E-state index in [-0.39, 0.29) is 6.61 Å². The molecule has 18 heavy (non-hydrogen) atoms. The highest BCUT2D eigenvalue weighted by Crippen LogP contribution is 2.10. The van der Waals surface area contributed by atoms with E-state index in [0.717, 1.165) is 13.0 Å². The number of aliphatic hydroxyl groups is 1. The summed E-state index contributed by atoms with van der Waals surface area (Å²) in [6.07, 6.45) is 0.801. The number of hydrogen-bond acceptors (Lipinski definition) is 3. The zero-order chi connectivity index (χ0) is 13.4. The van der Waals surface area contributed by atoms with Crippen molar-refractivity contribution in [2.24, 2.45) is 5.92 Å². The molecule has 0 spiro atoms. The second kappa shape index (κ2) is 8.25. The van der Waals surface area contributed by atoms with Gasteiger partial charge in [0.25, 0.3) is 0 Å². The molecule has 1 aromatic rings. The third-order valence-corrected chi connectivity index (χ3v) is 3.12. The molecule has 0 bridgehead atoms. The van der Waals surface area contributed by atoms with Gasteiger partial charge < -0.3 is 15.2 Å². The molecule has 0 fully saturated rings. The number of nitrogens with one attached hydrogen (secondary N) is 1. The maximum absolute atomic E-state index is 9.04. The third-order valence-electron chi connectivity index (χ3n) is 3.12. The van der Waals surface area contributed by atoms with Crippen LogP contribution in [0, 0.1) is 5.92 Å². The van der Waals surface area contributed by atoms with Gasteiger partial charge in [0.2, 0.25) is 0 Å². The van der Waals surface area contributed by atoms with Crippen molar-refractivity contribution >= 4 is 0 Å². The molecule has 0 heterocycles. The summed E-state index contributed by atoms with van der Waals surface area (Å²) >= 11 is 0. The van der Waals surface area contributed by atoms with E-state index < -0.39 is 0 Å². The van der Waals surface area contributed by atoms with Gasteiger partial charge in [-0.3, -0.25) is 0 Å². The molecular weight excluding hydrogens is 226 g/mol. The Morgan fingerprint density at radius 3 is 2.61 bits per heavy atom. The Morgan fingerprint density at radius 2 is 2.00 bits per heavy atom. The van der Waals surface area contributed by atoms with Gasteiger partial charge >= 0.3 is 0 Å². The summed E-state index contributed by atoms with van der Waals surface area (Å²) in [5.74, 6) is 0.527. The standard InChI is InChI=1S/C15H25NO2/c1-12(2)15(7-8-17)16-10-13-5-4-6-14(9-13)11-18-3/h4-6,9,12,15-17H,7-8,10-11H2,1-3H3. The molecule has 1 atom stereocenters. The average molecular weight is 251 g/mol. The van der Waals surface area contributed by atoms with Crippen LogP contribution >= 0.6 is 0 Å². The van der Waals surface area contributed by atoms with Crippen molar-refractivity contribution in [3.63, 3.8) is 0 Å². The van der Waals surface area contributed by atoms with Crippen molar-refractivity contribution in [1.82, 2.24) is 5.32 Å². The number of benzene rings is 1. The molecule has 2 N–H and O–H groups in total. The normalized spacial score (nSPS) is 12.9. The molecule has 3 nitrogen and oxygen atoms in total. The Hall–Kier alpha value is -0.900. The van der Waals surface area contributed by atoms with Crippen molar-refractivity contribution in [3.8, 4) is 0 Å². The highest BCUT2D eigenvalue weighted by molar-refractivity contribution is 5.22. The van der Waals surface area contributed by atoms with Crippen LogP contribution in [0.25, 0.3) is 0 Å². The fourth-order valence-corrected chi connectivity index (χ4v) is 2.06. The highest BCUT2D eigenvalue weighted by Gasteiger charge is 2.11. The first kappa shape index (κ1) is 15.2. The molecule has 1 rings (SSSR count). The van der Waals surface area contributed by atoms with Gasteiger partial charge in [0, 0.05) is 26.3 Å². The summed E-state index contributed by atoms with van der Waals surface area (Å²) in [5, 5.41) is 12.5. The van der Waals surface area contributed by atoms with Crippen molar-refractivity contribution < 1.29 is 9.84 Å². The van der Waals surface area contributed by atoms with E-state index in [4.69, 9.17) is 9.84 Å². The van der Waals surface area contributed by atoms with Crippen molar-refractivity contribution in [1.29, 1.82) is 0 Å². The summed E-state index contributed by atoms with van der Waals surface area (Å²) in [7, 11) is 1.71. The van der Waals surface area contributed by atoms with Crippen LogP contribution in [-0.2, 0) is 17.9 Å². The molecule has 0 saturated heterocycles. The minimum atomic E-state index is 0.236. The molecule has 0 aromatic heterocycles. The molecule has 0 aliphatic carbocycles. The third kappa shape index (κ3) is 5.17. The lowest BCUT2D eigenvalue weighted by molar-refractivity contribution is 0.185. The summed E-state index contributed by atoms with van der Waals surface area (Å²) in [4.78, 5) is 0. The van der Waals surface area contributed by atoms with Crippen molar-refractivity contribution in [2.45, 2.75) is 39.5 Å². The monoisotopic (exact) mass is 251 g/mol. The van der Waals surface area contributed by atoms with E-state index in [0.29, 0.717) is 18.6 Å². The largest absolute Gasteiger partial charge is 0.396 e. The predicted octanol–water partition coefficient (Wildman–Crippen LogP) is 2.33. The van der Waals surface area contributed by atoms with Crippen LogP contribution in [0.4, 0.5) is 0 Å². The van der Waals surface area contributed by atoms with Gasteiger partial charge in [-0.05, 0) is 23.5 Å². The maximum Gasteiger partial charge on any atom is 0.0713 e. The van der Waals surface area contributed by atoms with Crippen LogP contribution in [0.5, 0.6) is 0 Å². The minimum absolute atomic E-state index is 0.236. The molecule has 0 radical (unpaired) electrons. The molecule has 1 aromatic carbocycles. The number of methoxy groups -OCH3 is 1. The summed E-state index contributed by atoms with van der Waals surface area (Å²) in [6, 6.07) is 8.76. The average Bonchev–Trinajstić information content (AvgIpc) is 2.35. The summed E-state index contributed by atoms with van der Waals surface area (Å²) in [6.45, 7) is 6.07. The SMILES string of the molecule is COCc1cccc(CNC(CCO)C(C)C)c1. The number of rotatable bonds is 8. The van der Waals surface area contributed by atoms with Gasteiger partial charge in [-0.15, -0.1) is 0 Å². The fourth-order valence-electron chi connectivity index (χ4n) is 2.06. The first-order valence-corrected chi connectivity index (χ1v) is 6.58. The van der Waals surface area contributed by atoms with Gasteiger partial charge in [0.15, 0.2) is 0 Å². The topological polar surface area (TPSA) is 41.5 Å². The van der Waals surface area contributed by atoms with E-state index >= 15 is 0 Å². The molecule has 3 heteroatoms. The predicted molar refractivity (Wildman–Crippen MR) is 74.3 cm³/mol. The van der Waals surface area contributed by atoms with Crippen molar-refractivity contribution in [2.75, 3.05) is 13.7 Å². The number of hydrogen-bond donors (Lipinski definition) is 2. The molecule has 0 saturated carbocycles. The first-order chi connectivity index (χ1) is 8.67. The molecule has 0 amide bonds. The zero-order valence-corrected chi connectivity index (χ0v) is 11.6. The molecule has 1 unspecified atom stereocenters. The van der Waals surface area contributed by atoms with Gasteiger partial charge in [0.05, 0.1) is 6.61 Å². The van der Waals surface area contributed by atoms with Crippen LogP contribution in [0.2, 0.25) is 0 Å². The maximum atomic E-state index is 9.04. The lowest BCUT2D eigenvalue weighted by atomic mass is 10.0. The molecule has 0 aliphatic heterocycles.